The molecule has 2 aromatic carbocycles. The second-order valence-electron chi connectivity index (χ2n) is 5.07. The number of benzene rings is 2. The van der Waals surface area contributed by atoms with Gasteiger partial charge in [0.1, 0.15) is 23.2 Å². The summed E-state index contributed by atoms with van der Waals surface area (Å²) in [5.41, 5.74) is 5.46. The Kier molecular flexibility index (Phi) is 6.31. The van der Waals surface area contributed by atoms with E-state index in [0.717, 1.165) is 0 Å². The lowest BCUT2D eigenvalue weighted by atomic mass is 10.1. The van der Waals surface area contributed by atoms with E-state index in [4.69, 9.17) is 22.1 Å². The molecule has 2 amide bonds. The maximum absolute atomic E-state index is 12.9. The maximum Gasteiger partial charge on any atom is 0.266 e. The van der Waals surface area contributed by atoms with Gasteiger partial charge in [0.25, 0.3) is 11.8 Å². The first-order valence-corrected chi connectivity index (χ1v) is 7.66. The van der Waals surface area contributed by atoms with Gasteiger partial charge in [0.05, 0.1) is 0 Å². The Morgan fingerprint density at radius 3 is 2.58 bits per heavy atom. The fraction of sp³-hybridized carbons (Fsp3) is 0.0556. The van der Waals surface area contributed by atoms with Crippen molar-refractivity contribution in [3.63, 3.8) is 0 Å². The lowest BCUT2D eigenvalue weighted by Crippen LogP contribution is -2.20. The molecule has 0 saturated carbocycles. The van der Waals surface area contributed by atoms with Crippen molar-refractivity contribution in [3.8, 4) is 11.8 Å². The van der Waals surface area contributed by atoms with Crippen LogP contribution >= 0.6 is 11.6 Å². The highest BCUT2D eigenvalue weighted by molar-refractivity contribution is 6.30. The van der Waals surface area contributed by atoms with Gasteiger partial charge in [-0.3, -0.25) is 9.59 Å². The van der Waals surface area contributed by atoms with Crippen molar-refractivity contribution in [1.82, 2.24) is 0 Å². The number of rotatable bonds is 6. The Balaban J connectivity index is 2.28. The summed E-state index contributed by atoms with van der Waals surface area (Å²) in [4.78, 5) is 23.1. The van der Waals surface area contributed by atoms with Crippen LogP contribution in [0.5, 0.6) is 5.75 Å². The lowest BCUT2D eigenvalue weighted by molar-refractivity contribution is -0.120. The molecule has 0 fully saturated rings. The molecular formula is C18H13ClFN3O3. The molecule has 0 spiro atoms. The van der Waals surface area contributed by atoms with Crippen LogP contribution in [-0.4, -0.2) is 18.4 Å². The normalized spacial score (nSPS) is 10.7. The molecule has 0 unspecified atom stereocenters. The van der Waals surface area contributed by atoms with Crippen molar-refractivity contribution in [3.05, 3.63) is 64.4 Å². The number of primary amides is 1. The molecule has 0 saturated heterocycles. The third-order valence-electron chi connectivity index (χ3n) is 3.11. The molecule has 26 heavy (non-hydrogen) atoms. The van der Waals surface area contributed by atoms with Gasteiger partial charge in [-0.15, -0.1) is 0 Å². The highest BCUT2D eigenvalue weighted by atomic mass is 35.5. The fourth-order valence-corrected chi connectivity index (χ4v) is 2.13. The summed E-state index contributed by atoms with van der Waals surface area (Å²) in [6.45, 7) is -0.369. The van der Waals surface area contributed by atoms with Crippen LogP contribution in [0.3, 0.4) is 0 Å². The zero-order chi connectivity index (χ0) is 19.1. The lowest BCUT2D eigenvalue weighted by Gasteiger charge is -2.09. The summed E-state index contributed by atoms with van der Waals surface area (Å²) in [5.74, 6) is -1.59. The van der Waals surface area contributed by atoms with E-state index in [1.54, 1.807) is 6.07 Å². The Labute approximate surface area is 153 Å². The molecule has 0 aliphatic rings. The van der Waals surface area contributed by atoms with Crippen LogP contribution in [0.25, 0.3) is 6.08 Å². The summed E-state index contributed by atoms with van der Waals surface area (Å²) in [7, 11) is 0. The Morgan fingerprint density at radius 2 is 1.96 bits per heavy atom. The molecule has 0 atom stereocenters. The molecule has 132 valence electrons. The molecule has 2 rings (SSSR count). The number of nitrogens with one attached hydrogen (secondary N) is 1. The number of carbonyl (C=O) groups excluding carboxylic acids is 2. The van der Waals surface area contributed by atoms with Gasteiger partial charge in [-0.2, -0.15) is 5.26 Å². The maximum atomic E-state index is 12.9. The number of halogens is 2. The molecular weight excluding hydrogens is 361 g/mol. The first kappa shape index (κ1) is 19.0. The number of nitriles is 1. The van der Waals surface area contributed by atoms with E-state index < -0.39 is 17.6 Å². The summed E-state index contributed by atoms with van der Waals surface area (Å²) in [5, 5.41) is 12.1. The van der Waals surface area contributed by atoms with Crippen LogP contribution in [0, 0.1) is 17.1 Å². The molecule has 2 aromatic rings. The Morgan fingerprint density at radius 1 is 1.27 bits per heavy atom. The van der Waals surface area contributed by atoms with Crippen LogP contribution < -0.4 is 15.8 Å². The molecule has 0 heterocycles. The zero-order valence-corrected chi connectivity index (χ0v) is 14.1. The van der Waals surface area contributed by atoms with Gasteiger partial charge >= 0.3 is 0 Å². The molecule has 8 heteroatoms. The van der Waals surface area contributed by atoms with Gasteiger partial charge in [0.15, 0.2) is 6.61 Å². The van der Waals surface area contributed by atoms with E-state index in [9.17, 15) is 19.2 Å². The van der Waals surface area contributed by atoms with Crippen molar-refractivity contribution >= 4 is 35.2 Å². The van der Waals surface area contributed by atoms with Crippen molar-refractivity contribution < 1.29 is 18.7 Å². The quantitative estimate of drug-likeness (QED) is 0.599. The van der Waals surface area contributed by atoms with Crippen LogP contribution in [0.1, 0.15) is 5.56 Å². The van der Waals surface area contributed by atoms with Crippen LogP contribution in [0.4, 0.5) is 10.1 Å². The average Bonchev–Trinajstić information content (AvgIpc) is 2.60. The third-order valence-corrected chi connectivity index (χ3v) is 3.34. The Bertz CT molecular complexity index is 905. The molecule has 0 aromatic heterocycles. The number of ether oxygens (including phenoxy) is 1. The minimum absolute atomic E-state index is 0.232. The summed E-state index contributed by atoms with van der Waals surface area (Å²) >= 11 is 5.93. The molecule has 0 bridgehead atoms. The van der Waals surface area contributed by atoms with Gasteiger partial charge in [-0.25, -0.2) is 4.39 Å². The van der Waals surface area contributed by atoms with E-state index in [1.807, 2.05) is 0 Å². The smallest absolute Gasteiger partial charge is 0.266 e. The van der Waals surface area contributed by atoms with Gasteiger partial charge in [0.2, 0.25) is 0 Å². The number of nitrogens with two attached hydrogens (primary N) is 1. The second kappa shape index (κ2) is 8.65. The van der Waals surface area contributed by atoms with Crippen LogP contribution in [0.15, 0.2) is 48.0 Å². The number of nitrogens with zero attached hydrogens (tertiary/aromatic N) is 1. The first-order valence-electron chi connectivity index (χ1n) is 7.28. The average molecular weight is 374 g/mol. The standard InChI is InChI=1S/C18H13ClFN3O3/c19-13-1-6-16(26-10-17(22)24)11(8-13)7-12(9-21)18(25)23-15-4-2-14(20)3-5-15/h1-8H,10H2,(H2,22,24)(H,23,25)/b12-7+. The van der Waals surface area contributed by atoms with Crippen LogP contribution in [-0.2, 0) is 9.59 Å². The summed E-state index contributed by atoms with van der Waals surface area (Å²) in [6.07, 6.45) is 1.26. The van der Waals surface area contributed by atoms with Gasteiger partial charge < -0.3 is 15.8 Å². The van der Waals surface area contributed by atoms with Crippen molar-refractivity contribution in [2.24, 2.45) is 5.73 Å². The minimum atomic E-state index is -0.695. The Hall–Kier alpha value is -3.37. The fourth-order valence-electron chi connectivity index (χ4n) is 1.95. The number of hydrogen-bond acceptors (Lipinski definition) is 4. The van der Waals surface area contributed by atoms with Crippen molar-refractivity contribution in [2.45, 2.75) is 0 Å². The van der Waals surface area contributed by atoms with E-state index >= 15 is 0 Å². The van der Waals surface area contributed by atoms with Crippen molar-refractivity contribution in [2.75, 3.05) is 11.9 Å². The topological polar surface area (TPSA) is 105 Å². The predicted molar refractivity (Wildman–Crippen MR) is 94.8 cm³/mol. The number of hydrogen-bond donors (Lipinski definition) is 2. The van der Waals surface area contributed by atoms with E-state index in [2.05, 4.69) is 5.32 Å². The summed E-state index contributed by atoms with van der Waals surface area (Å²) < 4.78 is 18.2. The summed E-state index contributed by atoms with van der Waals surface area (Å²) in [6, 6.07) is 11.4. The first-order chi connectivity index (χ1) is 12.4. The zero-order valence-electron chi connectivity index (χ0n) is 13.3. The molecule has 6 nitrogen and oxygen atoms in total. The molecule has 0 radical (unpaired) electrons. The highest BCUT2D eigenvalue weighted by Crippen LogP contribution is 2.25. The van der Waals surface area contributed by atoms with E-state index in [0.29, 0.717) is 16.3 Å². The number of anilines is 1. The second-order valence-corrected chi connectivity index (χ2v) is 5.50. The molecule has 0 aliphatic heterocycles. The van der Waals surface area contributed by atoms with Gasteiger partial charge in [-0.05, 0) is 48.5 Å². The van der Waals surface area contributed by atoms with Gasteiger partial charge in [-0.1, -0.05) is 11.6 Å². The van der Waals surface area contributed by atoms with Gasteiger partial charge in [0, 0.05) is 16.3 Å². The van der Waals surface area contributed by atoms with Crippen molar-refractivity contribution in [1.29, 1.82) is 5.26 Å². The molecule has 0 aliphatic carbocycles. The highest BCUT2D eigenvalue weighted by Gasteiger charge is 2.12. The number of carbonyl (C=O) groups is 2. The monoisotopic (exact) mass is 373 g/mol. The number of amides is 2. The van der Waals surface area contributed by atoms with E-state index in [-0.39, 0.29) is 17.9 Å². The largest absolute Gasteiger partial charge is 0.483 e. The molecule has 3 N–H and O–H groups in total. The van der Waals surface area contributed by atoms with E-state index in [1.165, 1.54) is 48.5 Å². The SMILES string of the molecule is N#C/C(=C\c1cc(Cl)ccc1OCC(N)=O)C(=O)Nc1ccc(F)cc1. The predicted octanol–water partition coefficient (Wildman–Crippen LogP) is 2.89. The minimum Gasteiger partial charge on any atom is -0.483 e. The third kappa shape index (κ3) is 5.33. The van der Waals surface area contributed by atoms with Crippen LogP contribution in [0.2, 0.25) is 5.02 Å².